The number of nitrogens with one attached hydrogen (secondary N) is 8. The molecule has 3 rings (SSSR count). The van der Waals surface area contributed by atoms with Crippen LogP contribution in [0, 0.1) is 5.41 Å². The van der Waals surface area contributed by atoms with Gasteiger partial charge >= 0.3 is 5.97 Å². The van der Waals surface area contributed by atoms with Crippen LogP contribution >= 0.6 is 0 Å². The Morgan fingerprint density at radius 2 is 1.45 bits per heavy atom. The maximum Gasteiger partial charge on any atom is 0.305 e. The van der Waals surface area contributed by atoms with E-state index in [1.807, 2.05) is 30.3 Å². The van der Waals surface area contributed by atoms with Gasteiger partial charge in [0.15, 0.2) is 12.1 Å². The molecule has 0 unspecified atom stereocenters. The molecule has 0 fully saturated rings. The van der Waals surface area contributed by atoms with E-state index >= 15 is 0 Å². The first-order chi connectivity index (χ1) is 32.2. The number of carboxylic acids is 1. The van der Waals surface area contributed by atoms with Gasteiger partial charge in [-0.3, -0.25) is 39.0 Å². The number of carbonyl (C=O) groups is 7. The van der Waals surface area contributed by atoms with Crippen LogP contribution in [0.5, 0.6) is 0 Å². The molecule has 11 N–H and O–H groups in total. The number of nitrogens with two attached hydrogens (primary N) is 1. The van der Waals surface area contributed by atoms with E-state index in [-0.39, 0.29) is 89.1 Å². The molecule has 0 saturated carbocycles. The van der Waals surface area contributed by atoms with Gasteiger partial charge in [0.25, 0.3) is 5.91 Å². The monoisotopic (exact) mass is 948 g/mol. The van der Waals surface area contributed by atoms with Crippen molar-refractivity contribution >= 4 is 47.4 Å². The molecule has 0 radical (unpaired) electrons. The van der Waals surface area contributed by atoms with Gasteiger partial charge in [0.2, 0.25) is 29.5 Å². The lowest BCUT2D eigenvalue weighted by Gasteiger charge is -2.24. The Hall–Kier alpha value is -6.31. The molecule has 1 aliphatic rings. The van der Waals surface area contributed by atoms with Crippen LogP contribution in [-0.4, -0.2) is 165 Å². The number of hydrogen-bond acceptors (Lipinski definition) is 14. The second-order valence-electron chi connectivity index (χ2n) is 15.3. The van der Waals surface area contributed by atoms with Gasteiger partial charge in [0.1, 0.15) is 23.8 Å². The highest BCUT2D eigenvalue weighted by molar-refractivity contribution is 5.94. The van der Waals surface area contributed by atoms with Gasteiger partial charge in [0, 0.05) is 26.1 Å². The summed E-state index contributed by atoms with van der Waals surface area (Å²) in [6, 6.07) is 4.53. The number of halogens is 1. The minimum Gasteiger partial charge on any atom is -0.481 e. The van der Waals surface area contributed by atoms with E-state index in [0.29, 0.717) is 45.9 Å². The highest BCUT2D eigenvalue weighted by atomic mass is 19.1. The summed E-state index contributed by atoms with van der Waals surface area (Å²) in [6.07, 6.45) is 0.906. The predicted molar refractivity (Wildman–Crippen MR) is 237 cm³/mol. The van der Waals surface area contributed by atoms with Crippen LogP contribution in [-0.2, 0) is 58.9 Å². The molecular formula is C42H65FN12O12. The van der Waals surface area contributed by atoms with Crippen molar-refractivity contribution in [2.45, 2.75) is 88.6 Å². The Kier molecular flexibility index (Phi) is 25.9. The first kappa shape index (κ1) is 55.0. The number of aliphatic carboxylic acids is 1. The van der Waals surface area contributed by atoms with Gasteiger partial charge in [-0.1, -0.05) is 35.5 Å². The van der Waals surface area contributed by atoms with Crippen molar-refractivity contribution in [2.75, 3.05) is 79.0 Å². The third-order valence-electron chi connectivity index (χ3n) is 9.90. The number of amides is 6. The smallest absolute Gasteiger partial charge is 0.305 e. The van der Waals surface area contributed by atoms with Crippen molar-refractivity contribution < 1.29 is 62.0 Å². The highest BCUT2D eigenvalue weighted by Gasteiger charge is 2.32. The lowest BCUT2D eigenvalue weighted by molar-refractivity contribution is -0.141. The number of guanidine groups is 1. The summed E-state index contributed by atoms with van der Waals surface area (Å²) in [7, 11) is 0. The number of nitrogens with zero attached hydrogens (tertiary/aromatic N) is 3. The SMILES string of the molecule is C[C@H](F)C(=O)NCCOCCOCCOCCOCCC(=O)NCCCC[C@H]1C(=O)N[C@@H](CCCNC(=N)N)C(=O)NCC(=O)N[C@@H](CC(=O)O)C(=O)N[C@@H](Cc2ccccc2)c2cn1nn2. The summed E-state index contributed by atoms with van der Waals surface area (Å²) in [5, 5.41) is 43.8. The van der Waals surface area contributed by atoms with E-state index in [9.17, 15) is 43.1 Å². The third kappa shape index (κ3) is 23.1. The van der Waals surface area contributed by atoms with E-state index < -0.39 is 78.8 Å². The van der Waals surface area contributed by atoms with Crippen LogP contribution in [0.2, 0.25) is 0 Å². The topological polar surface area (TPSA) is 341 Å². The fourth-order valence-corrected chi connectivity index (χ4v) is 6.42. The Morgan fingerprint density at radius 3 is 2.10 bits per heavy atom. The van der Waals surface area contributed by atoms with Crippen LogP contribution in [0.25, 0.3) is 0 Å². The normalized spacial score (nSPS) is 18.4. The minimum absolute atomic E-state index is 0.0724. The number of ether oxygens (including phenoxy) is 4. The van der Waals surface area contributed by atoms with Crippen molar-refractivity contribution in [3.8, 4) is 0 Å². The average Bonchev–Trinajstić information content (AvgIpc) is 3.78. The maximum atomic E-state index is 14.1. The second-order valence-corrected chi connectivity index (χ2v) is 15.3. The second kappa shape index (κ2) is 31.6. The molecule has 2 heterocycles. The molecule has 25 heteroatoms. The summed E-state index contributed by atoms with van der Waals surface area (Å²) in [5.41, 5.74) is 6.43. The van der Waals surface area contributed by atoms with Crippen LogP contribution in [0.3, 0.4) is 0 Å². The molecule has 67 heavy (non-hydrogen) atoms. The van der Waals surface area contributed by atoms with Gasteiger partial charge in [0.05, 0.1) is 78.1 Å². The van der Waals surface area contributed by atoms with Gasteiger partial charge in [-0.2, -0.15) is 0 Å². The summed E-state index contributed by atoms with van der Waals surface area (Å²) < 4.78 is 35.7. The van der Waals surface area contributed by atoms with E-state index in [0.717, 1.165) is 12.5 Å². The van der Waals surface area contributed by atoms with Gasteiger partial charge in [-0.25, -0.2) is 9.07 Å². The van der Waals surface area contributed by atoms with Gasteiger partial charge in [-0.05, 0) is 51.0 Å². The Labute approximate surface area is 387 Å². The minimum atomic E-state index is -1.57. The quantitative estimate of drug-likeness (QED) is 0.0246. The summed E-state index contributed by atoms with van der Waals surface area (Å²) in [5.74, 6) is -5.53. The van der Waals surface area contributed by atoms with Gasteiger partial charge in [-0.15, -0.1) is 5.10 Å². The average molecular weight is 949 g/mol. The third-order valence-corrected chi connectivity index (χ3v) is 9.90. The summed E-state index contributed by atoms with van der Waals surface area (Å²) in [6.45, 7) is 3.50. The Bertz CT molecular complexity index is 1870. The zero-order valence-electron chi connectivity index (χ0n) is 37.7. The molecule has 372 valence electrons. The van der Waals surface area contributed by atoms with Crippen molar-refractivity contribution in [2.24, 2.45) is 5.73 Å². The van der Waals surface area contributed by atoms with Gasteiger partial charge < -0.3 is 67.0 Å². The fourth-order valence-electron chi connectivity index (χ4n) is 6.42. The molecule has 5 atom stereocenters. The molecule has 2 aromatic rings. The zero-order chi connectivity index (χ0) is 48.8. The van der Waals surface area contributed by atoms with Crippen molar-refractivity contribution in [3.05, 3.63) is 47.8 Å². The molecule has 24 nitrogen and oxygen atoms in total. The van der Waals surface area contributed by atoms with E-state index in [4.69, 9.17) is 30.1 Å². The van der Waals surface area contributed by atoms with E-state index in [1.54, 1.807) is 0 Å². The molecule has 2 bridgehead atoms. The standard InChI is InChI=1S/C42H65FN12O12/c1-28(43)38(60)47-15-17-65-19-21-67-23-22-66-20-18-64-16-12-35(56)46-13-6-5-11-34-41(63)51-30(10-7-14-48-42(44)45)39(61)49-26-36(57)50-32(25-37(58)59)40(62)52-31(33-27-55(34)54-53-33)24-29-8-3-2-4-9-29/h2-4,8-9,27-28,30-32,34H,5-7,10-26H2,1H3,(H,46,56)(H,47,60)(H,49,61)(H,50,57)(H,51,63)(H,52,62)(H,58,59)(H4,44,45,48)/t28-,30-,31-,32-,34-/m0/s1. The first-order valence-corrected chi connectivity index (χ1v) is 22.2. The van der Waals surface area contributed by atoms with Crippen LogP contribution in [0.1, 0.15) is 75.2 Å². The lowest BCUT2D eigenvalue weighted by Crippen LogP contribution is -2.53. The van der Waals surface area contributed by atoms with Crippen LogP contribution < -0.4 is 43.0 Å². The van der Waals surface area contributed by atoms with E-state index in [2.05, 4.69) is 47.5 Å². The number of carbonyl (C=O) groups excluding carboxylic acids is 6. The predicted octanol–water partition coefficient (Wildman–Crippen LogP) is -1.73. The Morgan fingerprint density at radius 1 is 0.806 bits per heavy atom. The van der Waals surface area contributed by atoms with E-state index in [1.165, 1.54) is 10.9 Å². The first-order valence-electron chi connectivity index (χ1n) is 22.2. The molecule has 0 saturated heterocycles. The molecule has 1 aliphatic heterocycles. The highest BCUT2D eigenvalue weighted by Crippen LogP contribution is 2.21. The number of rotatable bonds is 29. The fraction of sp³-hybridized carbons (Fsp3) is 0.619. The number of alkyl halides is 1. The largest absolute Gasteiger partial charge is 0.481 e. The number of carboxylic acid groups (broad SMARTS) is 1. The maximum absolute atomic E-state index is 14.1. The summed E-state index contributed by atoms with van der Waals surface area (Å²) >= 11 is 0. The van der Waals surface area contributed by atoms with Crippen LogP contribution in [0.4, 0.5) is 4.39 Å². The molecule has 6 amide bonds. The molecule has 1 aromatic carbocycles. The van der Waals surface area contributed by atoms with Crippen LogP contribution in [0.15, 0.2) is 36.5 Å². The zero-order valence-corrected chi connectivity index (χ0v) is 37.7. The molecular weight excluding hydrogens is 884 g/mol. The molecule has 0 aliphatic carbocycles. The number of benzene rings is 1. The van der Waals surface area contributed by atoms with Crippen molar-refractivity contribution in [3.63, 3.8) is 0 Å². The van der Waals surface area contributed by atoms with Crippen molar-refractivity contribution in [1.29, 1.82) is 5.41 Å². The Balaban J connectivity index is 1.56. The number of hydrogen-bond donors (Lipinski definition) is 10. The lowest BCUT2D eigenvalue weighted by atomic mass is 10.0. The number of aromatic nitrogens is 3. The number of unbranched alkanes of at least 4 members (excludes halogenated alkanes) is 1. The molecule has 1 aromatic heterocycles. The summed E-state index contributed by atoms with van der Waals surface area (Å²) in [4.78, 5) is 89.5. The number of fused-ring (bicyclic) bond motifs is 2. The molecule has 0 spiro atoms. The van der Waals surface area contributed by atoms with Crippen molar-refractivity contribution in [1.82, 2.24) is 52.2 Å².